The van der Waals surface area contributed by atoms with Gasteiger partial charge in [-0.25, -0.2) is 14.4 Å². The highest BCUT2D eigenvalue weighted by Gasteiger charge is 2.28. The summed E-state index contributed by atoms with van der Waals surface area (Å²) in [5.41, 5.74) is 6.43. The molecule has 1 fully saturated rings. The van der Waals surface area contributed by atoms with E-state index in [9.17, 15) is 9.59 Å². The van der Waals surface area contributed by atoms with Crippen molar-refractivity contribution < 1.29 is 14.3 Å². The van der Waals surface area contributed by atoms with E-state index < -0.39 is 6.09 Å². The first-order valence-electron chi connectivity index (χ1n) is 5.74. The number of nitrogens with zero attached hydrogens (tertiary/aromatic N) is 4. The van der Waals surface area contributed by atoms with E-state index in [0.717, 1.165) is 11.3 Å². The molecule has 2 rings (SSSR count). The molecule has 2 amide bonds. The van der Waals surface area contributed by atoms with Crippen LogP contribution in [0, 0.1) is 0 Å². The Kier molecular flexibility index (Phi) is 3.56. The molecule has 0 radical (unpaired) electrons. The molecule has 98 valence electrons. The Balaban J connectivity index is 1.99. The van der Waals surface area contributed by atoms with Crippen molar-refractivity contribution in [3.8, 4) is 0 Å². The molecule has 1 atom stereocenters. The van der Waals surface area contributed by atoms with E-state index in [-0.39, 0.29) is 31.6 Å². The number of rotatable bonds is 4. The van der Waals surface area contributed by atoms with Crippen molar-refractivity contribution in [3.63, 3.8) is 0 Å². The van der Waals surface area contributed by atoms with E-state index in [1.54, 1.807) is 6.20 Å². The Morgan fingerprint density at radius 1 is 1.67 bits per heavy atom. The fourth-order valence-corrected chi connectivity index (χ4v) is 1.61. The van der Waals surface area contributed by atoms with Gasteiger partial charge in [-0.2, -0.15) is 0 Å². The molecular formula is C10H15N5O3. The van der Waals surface area contributed by atoms with Gasteiger partial charge in [0, 0.05) is 0 Å². The maximum Gasteiger partial charge on any atom is 0.416 e. The van der Waals surface area contributed by atoms with Gasteiger partial charge in [0.25, 0.3) is 5.91 Å². The first kappa shape index (κ1) is 12.5. The van der Waals surface area contributed by atoms with Gasteiger partial charge in [-0.3, -0.25) is 4.79 Å². The van der Waals surface area contributed by atoms with Crippen LogP contribution in [0.1, 0.15) is 25.1 Å². The van der Waals surface area contributed by atoms with Crippen LogP contribution in [-0.4, -0.2) is 45.0 Å². The van der Waals surface area contributed by atoms with Crippen LogP contribution in [0.2, 0.25) is 0 Å². The average molecular weight is 253 g/mol. The molecule has 1 unspecified atom stereocenters. The second kappa shape index (κ2) is 5.13. The van der Waals surface area contributed by atoms with Crippen molar-refractivity contribution in [3.05, 3.63) is 11.9 Å². The lowest BCUT2D eigenvalue weighted by atomic mass is 10.2. The van der Waals surface area contributed by atoms with Crippen molar-refractivity contribution >= 4 is 12.0 Å². The van der Waals surface area contributed by atoms with Gasteiger partial charge in [-0.05, 0) is 6.42 Å². The highest BCUT2D eigenvalue weighted by molar-refractivity contribution is 5.92. The van der Waals surface area contributed by atoms with Gasteiger partial charge in [0.1, 0.15) is 13.2 Å². The van der Waals surface area contributed by atoms with Crippen molar-refractivity contribution in [2.24, 2.45) is 5.73 Å². The van der Waals surface area contributed by atoms with Gasteiger partial charge in [0.2, 0.25) is 0 Å². The maximum absolute atomic E-state index is 11.8. The molecule has 1 aromatic rings. The molecule has 1 aliphatic rings. The van der Waals surface area contributed by atoms with Crippen LogP contribution < -0.4 is 5.73 Å². The summed E-state index contributed by atoms with van der Waals surface area (Å²) in [7, 11) is 0. The van der Waals surface area contributed by atoms with Crippen LogP contribution in [-0.2, 0) is 16.1 Å². The van der Waals surface area contributed by atoms with Crippen LogP contribution in [0.4, 0.5) is 4.79 Å². The number of ether oxygens (including phenoxy) is 1. The van der Waals surface area contributed by atoms with E-state index in [1.165, 1.54) is 4.68 Å². The number of hydrogen-bond donors (Lipinski definition) is 1. The molecule has 1 saturated heterocycles. The average Bonchev–Trinajstić information content (AvgIpc) is 2.97. The molecule has 8 heteroatoms. The first-order valence-corrected chi connectivity index (χ1v) is 5.74. The molecule has 0 aliphatic carbocycles. The molecule has 0 aromatic carbocycles. The molecule has 2 heterocycles. The van der Waals surface area contributed by atoms with Crippen LogP contribution in [0.3, 0.4) is 0 Å². The third-order valence-electron chi connectivity index (χ3n) is 2.74. The van der Waals surface area contributed by atoms with Crippen molar-refractivity contribution in [2.75, 3.05) is 13.2 Å². The summed E-state index contributed by atoms with van der Waals surface area (Å²) < 4.78 is 6.06. The van der Waals surface area contributed by atoms with E-state index in [1.807, 2.05) is 6.92 Å². The Morgan fingerprint density at radius 3 is 3.06 bits per heavy atom. The van der Waals surface area contributed by atoms with E-state index in [4.69, 9.17) is 5.73 Å². The summed E-state index contributed by atoms with van der Waals surface area (Å²) in [6, 6.07) is -0.189. The Hall–Kier alpha value is -1.96. The first-order chi connectivity index (χ1) is 8.61. The number of amides is 2. The standard InChI is InChI=1S/C10H15N5O3/c1-2-7(11)8-5-14(13-12-8)6-9(16)15-3-4-18-10(15)17/h5,7H,2-4,6,11H2,1H3. The second-order valence-electron chi connectivity index (χ2n) is 4.02. The zero-order valence-corrected chi connectivity index (χ0v) is 10.1. The van der Waals surface area contributed by atoms with Crippen LogP contribution >= 0.6 is 0 Å². The fraction of sp³-hybridized carbons (Fsp3) is 0.600. The molecule has 0 spiro atoms. The van der Waals surface area contributed by atoms with Gasteiger partial charge in [-0.1, -0.05) is 12.1 Å². The zero-order valence-electron chi connectivity index (χ0n) is 10.1. The van der Waals surface area contributed by atoms with E-state index in [2.05, 4.69) is 15.0 Å². The smallest absolute Gasteiger partial charge is 0.416 e. The van der Waals surface area contributed by atoms with Gasteiger partial charge in [0.05, 0.1) is 24.5 Å². The quantitative estimate of drug-likeness (QED) is 0.787. The summed E-state index contributed by atoms with van der Waals surface area (Å²) in [6.45, 7) is 2.43. The molecule has 1 aromatic heterocycles. The molecule has 0 saturated carbocycles. The number of carbonyl (C=O) groups is 2. The number of aromatic nitrogens is 3. The molecule has 2 N–H and O–H groups in total. The Labute approximate surface area is 104 Å². The van der Waals surface area contributed by atoms with Gasteiger partial charge in [0.15, 0.2) is 0 Å². The minimum Gasteiger partial charge on any atom is -0.447 e. The van der Waals surface area contributed by atoms with Gasteiger partial charge < -0.3 is 10.5 Å². The van der Waals surface area contributed by atoms with E-state index >= 15 is 0 Å². The maximum atomic E-state index is 11.8. The molecule has 1 aliphatic heterocycles. The monoisotopic (exact) mass is 253 g/mol. The lowest BCUT2D eigenvalue weighted by Crippen LogP contribution is -2.34. The lowest BCUT2D eigenvalue weighted by Gasteiger charge is -2.09. The normalized spacial score (nSPS) is 16.8. The lowest BCUT2D eigenvalue weighted by molar-refractivity contribution is -0.128. The van der Waals surface area contributed by atoms with Gasteiger partial charge in [-0.15, -0.1) is 5.10 Å². The number of imide groups is 1. The second-order valence-corrected chi connectivity index (χ2v) is 4.02. The van der Waals surface area contributed by atoms with Crippen molar-refractivity contribution in [1.82, 2.24) is 19.9 Å². The SMILES string of the molecule is CCC(N)c1cn(CC(=O)N2CCOC2=O)nn1. The third kappa shape index (κ3) is 2.48. The van der Waals surface area contributed by atoms with Crippen molar-refractivity contribution in [1.29, 1.82) is 0 Å². The number of cyclic esters (lactones) is 1. The fourth-order valence-electron chi connectivity index (χ4n) is 1.61. The van der Waals surface area contributed by atoms with Crippen molar-refractivity contribution in [2.45, 2.75) is 25.9 Å². The number of nitrogens with two attached hydrogens (primary N) is 1. The zero-order chi connectivity index (χ0) is 13.1. The predicted molar refractivity (Wildman–Crippen MR) is 60.3 cm³/mol. The predicted octanol–water partition coefficient (Wildman–Crippen LogP) is -0.333. The van der Waals surface area contributed by atoms with Crippen LogP contribution in [0.5, 0.6) is 0 Å². The van der Waals surface area contributed by atoms with Crippen LogP contribution in [0.15, 0.2) is 6.20 Å². The summed E-state index contributed by atoms with van der Waals surface area (Å²) in [6.07, 6.45) is 1.75. The van der Waals surface area contributed by atoms with E-state index in [0.29, 0.717) is 5.69 Å². The molecule has 8 nitrogen and oxygen atoms in total. The molecule has 18 heavy (non-hydrogen) atoms. The minimum absolute atomic E-state index is 0.0431. The summed E-state index contributed by atoms with van der Waals surface area (Å²) >= 11 is 0. The minimum atomic E-state index is -0.606. The third-order valence-corrected chi connectivity index (χ3v) is 2.74. The Bertz CT molecular complexity index is 458. The summed E-state index contributed by atoms with van der Waals surface area (Å²) in [5.74, 6) is -0.362. The van der Waals surface area contributed by atoms with Gasteiger partial charge >= 0.3 is 6.09 Å². The number of hydrogen-bond acceptors (Lipinski definition) is 6. The summed E-state index contributed by atoms with van der Waals surface area (Å²) in [4.78, 5) is 24.0. The molecular weight excluding hydrogens is 238 g/mol. The van der Waals surface area contributed by atoms with Crippen LogP contribution in [0.25, 0.3) is 0 Å². The summed E-state index contributed by atoms with van der Waals surface area (Å²) in [5, 5.41) is 7.70. The topological polar surface area (TPSA) is 103 Å². The largest absolute Gasteiger partial charge is 0.447 e. The highest BCUT2D eigenvalue weighted by Crippen LogP contribution is 2.10. The Morgan fingerprint density at radius 2 is 2.44 bits per heavy atom. The molecule has 0 bridgehead atoms. The number of carbonyl (C=O) groups excluding carboxylic acids is 2. The highest BCUT2D eigenvalue weighted by atomic mass is 16.6.